The maximum absolute atomic E-state index is 5.66. The molecule has 0 amide bonds. The van der Waals surface area contributed by atoms with E-state index < -0.39 is 0 Å². The monoisotopic (exact) mass is 255 g/mol. The van der Waals surface area contributed by atoms with Crippen LogP contribution in [0.15, 0.2) is 0 Å². The molecule has 2 heterocycles. The van der Waals surface area contributed by atoms with Crippen LogP contribution in [-0.4, -0.2) is 76.4 Å². The van der Waals surface area contributed by atoms with E-state index in [1.807, 2.05) is 0 Å². The second-order valence-electron chi connectivity index (χ2n) is 6.36. The molecule has 2 aliphatic heterocycles. The molecule has 0 spiro atoms. The van der Waals surface area contributed by atoms with E-state index in [1.165, 1.54) is 38.9 Å². The number of likely N-dealkylation sites (N-methyl/N-ethyl adjacent to an activating group) is 1. The van der Waals surface area contributed by atoms with Crippen LogP contribution in [0, 0.1) is 5.41 Å². The summed E-state index contributed by atoms with van der Waals surface area (Å²) in [5.74, 6) is 0. The predicted octanol–water partition coefficient (Wildman–Crippen LogP) is 0.639. The smallest absolute Gasteiger partial charge is 0.0547 e. The summed E-state index contributed by atoms with van der Waals surface area (Å²) >= 11 is 0. The van der Waals surface area contributed by atoms with Gasteiger partial charge in [0.25, 0.3) is 0 Å². The molecule has 0 radical (unpaired) electrons. The highest BCUT2D eigenvalue weighted by Gasteiger charge is 2.38. The molecule has 4 nitrogen and oxygen atoms in total. The van der Waals surface area contributed by atoms with Gasteiger partial charge >= 0.3 is 0 Å². The van der Waals surface area contributed by atoms with Crippen molar-refractivity contribution in [2.24, 2.45) is 5.41 Å². The van der Waals surface area contributed by atoms with Crippen LogP contribution in [0.3, 0.4) is 0 Å². The van der Waals surface area contributed by atoms with Crippen molar-refractivity contribution in [1.29, 1.82) is 0 Å². The first-order chi connectivity index (χ1) is 8.65. The minimum absolute atomic E-state index is 0.351. The quantitative estimate of drug-likeness (QED) is 0.754. The Morgan fingerprint density at radius 2 is 2.28 bits per heavy atom. The first-order valence-electron chi connectivity index (χ1n) is 7.26. The van der Waals surface area contributed by atoms with Gasteiger partial charge in [-0.25, -0.2) is 0 Å². The van der Waals surface area contributed by atoms with Gasteiger partial charge in [-0.05, 0) is 47.0 Å². The fourth-order valence-electron chi connectivity index (χ4n) is 3.51. The molecule has 0 aromatic heterocycles. The number of ether oxygens (including phenoxy) is 1. The first-order valence-corrected chi connectivity index (χ1v) is 7.26. The minimum atomic E-state index is 0.351. The Hall–Kier alpha value is -0.160. The van der Waals surface area contributed by atoms with E-state index in [2.05, 4.69) is 36.3 Å². The Morgan fingerprint density at radius 3 is 2.89 bits per heavy atom. The van der Waals surface area contributed by atoms with E-state index in [0.29, 0.717) is 5.41 Å². The summed E-state index contributed by atoms with van der Waals surface area (Å²) in [4.78, 5) is 5.02. The van der Waals surface area contributed by atoms with Crippen LogP contribution in [0.1, 0.15) is 19.3 Å². The molecular formula is C14H29N3O. The molecule has 2 aliphatic rings. The van der Waals surface area contributed by atoms with Gasteiger partial charge in [0, 0.05) is 37.7 Å². The first kappa shape index (κ1) is 14.3. The summed E-state index contributed by atoms with van der Waals surface area (Å²) in [6, 6.07) is 0.745. The predicted molar refractivity (Wildman–Crippen MR) is 74.9 cm³/mol. The normalized spacial score (nSPS) is 33.7. The van der Waals surface area contributed by atoms with Gasteiger partial charge in [0.05, 0.1) is 6.61 Å². The summed E-state index contributed by atoms with van der Waals surface area (Å²) in [5, 5.41) is 3.36. The SMILES string of the molecule is CNCC1(CN2CCCC2CN(C)C)CCOC1. The number of nitrogens with zero attached hydrogens (tertiary/aromatic N) is 2. The van der Waals surface area contributed by atoms with Crippen molar-refractivity contribution in [2.45, 2.75) is 25.3 Å². The van der Waals surface area contributed by atoms with E-state index in [4.69, 9.17) is 4.74 Å². The highest BCUT2D eigenvalue weighted by Crippen LogP contribution is 2.32. The topological polar surface area (TPSA) is 27.7 Å². The van der Waals surface area contributed by atoms with Crippen molar-refractivity contribution in [3.63, 3.8) is 0 Å². The van der Waals surface area contributed by atoms with Gasteiger partial charge < -0.3 is 15.0 Å². The van der Waals surface area contributed by atoms with Crippen molar-refractivity contribution in [3.05, 3.63) is 0 Å². The molecule has 0 aromatic carbocycles. The summed E-state index contributed by atoms with van der Waals surface area (Å²) in [5.41, 5.74) is 0.351. The Kier molecular flexibility index (Phi) is 5.01. The minimum Gasteiger partial charge on any atom is -0.381 e. The average molecular weight is 255 g/mol. The van der Waals surface area contributed by atoms with Gasteiger partial charge in [0.1, 0.15) is 0 Å². The fourth-order valence-corrected chi connectivity index (χ4v) is 3.51. The zero-order valence-electron chi connectivity index (χ0n) is 12.2. The van der Waals surface area contributed by atoms with Crippen molar-refractivity contribution >= 4 is 0 Å². The molecule has 2 rings (SSSR count). The molecule has 18 heavy (non-hydrogen) atoms. The Bertz CT molecular complexity index is 251. The van der Waals surface area contributed by atoms with Crippen LogP contribution in [0.4, 0.5) is 0 Å². The van der Waals surface area contributed by atoms with Gasteiger partial charge in [-0.1, -0.05) is 0 Å². The molecule has 1 N–H and O–H groups in total. The Balaban J connectivity index is 1.93. The maximum Gasteiger partial charge on any atom is 0.0547 e. The fraction of sp³-hybridized carbons (Fsp3) is 1.00. The molecule has 2 unspecified atom stereocenters. The highest BCUT2D eigenvalue weighted by atomic mass is 16.5. The van der Waals surface area contributed by atoms with Gasteiger partial charge in [-0.3, -0.25) is 4.90 Å². The number of hydrogen-bond acceptors (Lipinski definition) is 4. The molecule has 0 bridgehead atoms. The summed E-state index contributed by atoms with van der Waals surface area (Å²) in [6.07, 6.45) is 3.92. The third-order valence-corrected chi connectivity index (χ3v) is 4.35. The molecule has 0 saturated carbocycles. The molecule has 2 saturated heterocycles. The number of rotatable bonds is 6. The van der Waals surface area contributed by atoms with Crippen LogP contribution in [0.5, 0.6) is 0 Å². The van der Waals surface area contributed by atoms with Crippen LogP contribution in [0.2, 0.25) is 0 Å². The van der Waals surface area contributed by atoms with E-state index in [9.17, 15) is 0 Å². The highest BCUT2D eigenvalue weighted by molar-refractivity contribution is 4.92. The second kappa shape index (κ2) is 6.33. The van der Waals surface area contributed by atoms with Crippen molar-refractivity contribution in [2.75, 3.05) is 60.5 Å². The summed E-state index contributed by atoms with van der Waals surface area (Å²) in [6.45, 7) is 6.61. The molecule has 106 valence electrons. The Morgan fingerprint density at radius 1 is 1.44 bits per heavy atom. The lowest BCUT2D eigenvalue weighted by atomic mass is 9.86. The third-order valence-electron chi connectivity index (χ3n) is 4.35. The number of nitrogens with one attached hydrogen (secondary N) is 1. The molecule has 0 aliphatic carbocycles. The number of likely N-dealkylation sites (tertiary alicyclic amines) is 1. The average Bonchev–Trinajstić information content (AvgIpc) is 2.90. The third kappa shape index (κ3) is 3.44. The molecular weight excluding hydrogens is 226 g/mol. The van der Waals surface area contributed by atoms with Crippen molar-refractivity contribution in [1.82, 2.24) is 15.1 Å². The second-order valence-corrected chi connectivity index (χ2v) is 6.36. The maximum atomic E-state index is 5.66. The van der Waals surface area contributed by atoms with Gasteiger partial charge in [0.15, 0.2) is 0 Å². The van der Waals surface area contributed by atoms with Gasteiger partial charge in [-0.2, -0.15) is 0 Å². The zero-order valence-corrected chi connectivity index (χ0v) is 12.2. The lowest BCUT2D eigenvalue weighted by molar-refractivity contribution is 0.0965. The molecule has 2 atom stereocenters. The molecule has 4 heteroatoms. The largest absolute Gasteiger partial charge is 0.381 e. The van der Waals surface area contributed by atoms with E-state index in [1.54, 1.807) is 0 Å². The van der Waals surface area contributed by atoms with Gasteiger partial charge in [-0.15, -0.1) is 0 Å². The molecule has 0 aromatic rings. The van der Waals surface area contributed by atoms with Crippen molar-refractivity contribution < 1.29 is 4.74 Å². The van der Waals surface area contributed by atoms with Crippen LogP contribution >= 0.6 is 0 Å². The standard InChI is InChI=1S/C14H29N3O/c1-15-10-14(6-8-18-12-14)11-17-7-4-5-13(17)9-16(2)3/h13,15H,4-12H2,1-3H3. The van der Waals surface area contributed by atoms with Gasteiger partial charge in [0.2, 0.25) is 0 Å². The Labute approximate surface area is 112 Å². The van der Waals surface area contributed by atoms with Crippen LogP contribution in [-0.2, 0) is 4.74 Å². The van der Waals surface area contributed by atoms with E-state index in [0.717, 1.165) is 25.8 Å². The van der Waals surface area contributed by atoms with Crippen LogP contribution in [0.25, 0.3) is 0 Å². The van der Waals surface area contributed by atoms with Crippen LogP contribution < -0.4 is 5.32 Å². The summed E-state index contributed by atoms with van der Waals surface area (Å²) in [7, 11) is 6.42. The lowest BCUT2D eigenvalue weighted by Crippen LogP contribution is -2.47. The molecule has 2 fully saturated rings. The lowest BCUT2D eigenvalue weighted by Gasteiger charge is -2.36. The number of hydrogen-bond donors (Lipinski definition) is 1. The zero-order chi connectivity index (χ0) is 13.0. The summed E-state index contributed by atoms with van der Waals surface area (Å²) < 4.78 is 5.66. The van der Waals surface area contributed by atoms with E-state index in [-0.39, 0.29) is 0 Å². The van der Waals surface area contributed by atoms with E-state index >= 15 is 0 Å². The van der Waals surface area contributed by atoms with Crippen molar-refractivity contribution in [3.8, 4) is 0 Å².